The summed E-state index contributed by atoms with van der Waals surface area (Å²) in [6, 6.07) is 0. The number of rotatable bonds is 5. The zero-order valence-corrected chi connectivity index (χ0v) is 8.35. The normalized spacial score (nSPS) is 16.8. The van der Waals surface area contributed by atoms with Crippen LogP contribution in [0.25, 0.3) is 0 Å². The number of hydrogen-bond acceptors (Lipinski definition) is 2. The molecule has 0 saturated heterocycles. The highest BCUT2D eigenvalue weighted by Crippen LogP contribution is 2.15. The lowest BCUT2D eigenvalue weighted by atomic mass is 9.96. The van der Waals surface area contributed by atoms with Crippen LogP contribution in [-0.2, 0) is 0 Å². The first-order chi connectivity index (χ1) is 4.68. The maximum Gasteiger partial charge on any atom is 0.0155 e. The molecule has 0 spiro atoms. The van der Waals surface area contributed by atoms with Crippen LogP contribution in [0.15, 0.2) is 0 Å². The van der Waals surface area contributed by atoms with E-state index in [1.54, 1.807) is 0 Å². The monoisotopic (exact) mass is 161 g/mol. The smallest absolute Gasteiger partial charge is 0.0155 e. The minimum absolute atomic E-state index is 0.364. The first kappa shape index (κ1) is 10.3. The van der Waals surface area contributed by atoms with E-state index >= 15 is 0 Å². The molecular formula is C8H19NS. The van der Waals surface area contributed by atoms with E-state index in [0.29, 0.717) is 5.54 Å². The SMILES string of the molecule is CCC(C)(CCSC)NC. The molecule has 1 atom stereocenters. The summed E-state index contributed by atoms with van der Waals surface area (Å²) in [7, 11) is 2.05. The van der Waals surface area contributed by atoms with Gasteiger partial charge in [0, 0.05) is 5.54 Å². The Morgan fingerprint density at radius 2 is 2.10 bits per heavy atom. The second kappa shape index (κ2) is 5.03. The third-order valence-electron chi connectivity index (χ3n) is 2.24. The summed E-state index contributed by atoms with van der Waals surface area (Å²) in [5.74, 6) is 1.26. The predicted octanol–water partition coefficient (Wildman–Crippen LogP) is 2.13. The largest absolute Gasteiger partial charge is 0.315 e. The summed E-state index contributed by atoms with van der Waals surface area (Å²) in [4.78, 5) is 0. The number of thioether (sulfide) groups is 1. The van der Waals surface area contributed by atoms with Crippen molar-refractivity contribution in [3.05, 3.63) is 0 Å². The van der Waals surface area contributed by atoms with Crippen LogP contribution in [0.5, 0.6) is 0 Å². The molecule has 2 heteroatoms. The molecule has 1 N–H and O–H groups in total. The van der Waals surface area contributed by atoms with Gasteiger partial charge in [0.2, 0.25) is 0 Å². The van der Waals surface area contributed by atoms with Gasteiger partial charge in [-0.25, -0.2) is 0 Å². The van der Waals surface area contributed by atoms with E-state index in [-0.39, 0.29) is 0 Å². The number of hydrogen-bond donors (Lipinski definition) is 1. The first-order valence-corrected chi connectivity index (χ1v) is 5.25. The van der Waals surface area contributed by atoms with Crippen molar-refractivity contribution in [3.8, 4) is 0 Å². The molecule has 0 aliphatic carbocycles. The summed E-state index contributed by atoms with van der Waals surface area (Å²) in [5, 5.41) is 3.35. The van der Waals surface area contributed by atoms with Crippen LogP contribution in [-0.4, -0.2) is 24.6 Å². The van der Waals surface area contributed by atoms with Crippen molar-refractivity contribution in [3.63, 3.8) is 0 Å². The van der Waals surface area contributed by atoms with Gasteiger partial charge in [0.1, 0.15) is 0 Å². The average molecular weight is 161 g/mol. The van der Waals surface area contributed by atoms with Crippen LogP contribution in [0.2, 0.25) is 0 Å². The van der Waals surface area contributed by atoms with Gasteiger partial charge in [0.15, 0.2) is 0 Å². The van der Waals surface area contributed by atoms with E-state index in [1.807, 2.05) is 18.8 Å². The fraction of sp³-hybridized carbons (Fsp3) is 1.00. The molecule has 0 radical (unpaired) electrons. The molecule has 0 aromatic carbocycles. The third-order valence-corrected chi connectivity index (χ3v) is 2.85. The Hall–Kier alpha value is 0.310. The molecule has 0 fully saturated rings. The predicted molar refractivity (Wildman–Crippen MR) is 50.8 cm³/mol. The topological polar surface area (TPSA) is 12.0 Å². The van der Waals surface area contributed by atoms with Gasteiger partial charge in [0.25, 0.3) is 0 Å². The fourth-order valence-electron chi connectivity index (χ4n) is 0.806. The highest BCUT2D eigenvalue weighted by Gasteiger charge is 2.17. The van der Waals surface area contributed by atoms with Crippen molar-refractivity contribution in [2.24, 2.45) is 0 Å². The molecule has 0 amide bonds. The van der Waals surface area contributed by atoms with Gasteiger partial charge in [-0.15, -0.1) is 0 Å². The lowest BCUT2D eigenvalue weighted by Crippen LogP contribution is -2.39. The minimum Gasteiger partial charge on any atom is -0.315 e. The van der Waals surface area contributed by atoms with Crippen molar-refractivity contribution in [1.29, 1.82) is 0 Å². The van der Waals surface area contributed by atoms with Gasteiger partial charge >= 0.3 is 0 Å². The Balaban J connectivity index is 3.58. The molecule has 1 nitrogen and oxygen atoms in total. The lowest BCUT2D eigenvalue weighted by molar-refractivity contribution is 0.362. The van der Waals surface area contributed by atoms with E-state index in [1.165, 1.54) is 18.6 Å². The Bertz CT molecular complexity index is 79.3. The summed E-state index contributed by atoms with van der Waals surface area (Å²) in [6.45, 7) is 4.51. The fourth-order valence-corrected chi connectivity index (χ4v) is 1.46. The molecule has 0 bridgehead atoms. The molecule has 0 saturated carbocycles. The first-order valence-electron chi connectivity index (χ1n) is 3.86. The van der Waals surface area contributed by atoms with E-state index in [4.69, 9.17) is 0 Å². The highest BCUT2D eigenvalue weighted by molar-refractivity contribution is 7.98. The Morgan fingerprint density at radius 1 is 1.50 bits per heavy atom. The van der Waals surface area contributed by atoms with Crippen molar-refractivity contribution < 1.29 is 0 Å². The molecule has 0 aliphatic rings. The van der Waals surface area contributed by atoms with E-state index in [2.05, 4.69) is 25.4 Å². The molecular weight excluding hydrogens is 142 g/mol. The molecule has 62 valence electrons. The van der Waals surface area contributed by atoms with E-state index in [9.17, 15) is 0 Å². The lowest BCUT2D eigenvalue weighted by Gasteiger charge is -2.27. The maximum absolute atomic E-state index is 3.35. The Kier molecular flexibility index (Phi) is 5.18. The average Bonchev–Trinajstić information content (AvgIpc) is 2.00. The van der Waals surface area contributed by atoms with Gasteiger partial charge in [-0.2, -0.15) is 11.8 Å². The van der Waals surface area contributed by atoms with Crippen LogP contribution < -0.4 is 5.32 Å². The van der Waals surface area contributed by atoms with E-state index < -0.39 is 0 Å². The van der Waals surface area contributed by atoms with Crippen molar-refractivity contribution in [2.75, 3.05) is 19.1 Å². The van der Waals surface area contributed by atoms with Crippen LogP contribution >= 0.6 is 11.8 Å². The van der Waals surface area contributed by atoms with Crippen molar-refractivity contribution in [1.82, 2.24) is 5.32 Å². The molecule has 1 unspecified atom stereocenters. The zero-order chi connectivity index (χ0) is 8.04. The second-order valence-electron chi connectivity index (χ2n) is 2.91. The van der Waals surface area contributed by atoms with Crippen LogP contribution in [0.4, 0.5) is 0 Å². The molecule has 0 aromatic heterocycles. The highest BCUT2D eigenvalue weighted by atomic mass is 32.2. The third kappa shape index (κ3) is 3.47. The zero-order valence-electron chi connectivity index (χ0n) is 7.53. The number of nitrogens with one attached hydrogen (secondary N) is 1. The van der Waals surface area contributed by atoms with Crippen molar-refractivity contribution in [2.45, 2.75) is 32.2 Å². The molecule has 10 heavy (non-hydrogen) atoms. The summed E-state index contributed by atoms with van der Waals surface area (Å²) in [6.07, 6.45) is 4.64. The van der Waals surface area contributed by atoms with Crippen LogP contribution in [0.3, 0.4) is 0 Å². The quantitative estimate of drug-likeness (QED) is 0.663. The maximum atomic E-state index is 3.35. The molecule has 0 heterocycles. The van der Waals surface area contributed by atoms with Crippen LogP contribution in [0, 0.1) is 0 Å². The van der Waals surface area contributed by atoms with Gasteiger partial charge in [-0.3, -0.25) is 0 Å². The molecule has 0 aliphatic heterocycles. The van der Waals surface area contributed by atoms with Gasteiger partial charge in [-0.1, -0.05) is 6.92 Å². The second-order valence-corrected chi connectivity index (χ2v) is 3.89. The van der Waals surface area contributed by atoms with Crippen molar-refractivity contribution >= 4 is 11.8 Å². The summed E-state index contributed by atoms with van der Waals surface area (Å²) < 4.78 is 0. The van der Waals surface area contributed by atoms with Gasteiger partial charge in [0.05, 0.1) is 0 Å². The van der Waals surface area contributed by atoms with Gasteiger partial charge in [-0.05, 0) is 38.8 Å². The van der Waals surface area contributed by atoms with E-state index in [0.717, 1.165) is 0 Å². The standard InChI is InChI=1S/C8H19NS/c1-5-8(2,9-3)6-7-10-4/h9H,5-7H2,1-4H3. The van der Waals surface area contributed by atoms with Gasteiger partial charge < -0.3 is 5.32 Å². The Morgan fingerprint density at radius 3 is 2.40 bits per heavy atom. The summed E-state index contributed by atoms with van der Waals surface area (Å²) in [5.41, 5.74) is 0.364. The minimum atomic E-state index is 0.364. The summed E-state index contributed by atoms with van der Waals surface area (Å²) >= 11 is 1.92. The Labute approximate surface area is 69.0 Å². The van der Waals surface area contributed by atoms with Crippen LogP contribution in [0.1, 0.15) is 26.7 Å². The molecule has 0 rings (SSSR count). The molecule has 0 aromatic rings.